The number of nitrogens with zero attached hydrogens (tertiary/aromatic N) is 1. The van der Waals surface area contributed by atoms with Gasteiger partial charge in [0.15, 0.2) is 0 Å². The van der Waals surface area contributed by atoms with Crippen molar-refractivity contribution in [2.75, 3.05) is 25.0 Å². The van der Waals surface area contributed by atoms with Crippen LogP contribution in [0.25, 0.3) is 6.08 Å². The number of benzene rings is 2. The van der Waals surface area contributed by atoms with Crippen molar-refractivity contribution in [1.29, 1.82) is 0 Å². The number of likely N-dealkylation sites (tertiary alicyclic amines) is 1. The average Bonchev–Trinajstić information content (AvgIpc) is 3.22. The van der Waals surface area contributed by atoms with Gasteiger partial charge in [-0.1, -0.05) is 11.6 Å². The Hall–Kier alpha value is -2.79. The van der Waals surface area contributed by atoms with E-state index in [9.17, 15) is 9.59 Å². The summed E-state index contributed by atoms with van der Waals surface area (Å²) >= 11 is 6.00. The van der Waals surface area contributed by atoms with Crippen molar-refractivity contribution in [1.82, 2.24) is 4.90 Å². The van der Waals surface area contributed by atoms with Crippen LogP contribution in [-0.4, -0.2) is 36.4 Å². The van der Waals surface area contributed by atoms with Crippen molar-refractivity contribution in [3.8, 4) is 5.75 Å². The van der Waals surface area contributed by atoms with E-state index in [-0.39, 0.29) is 18.4 Å². The number of fused-ring (bicyclic) bond motifs is 1. The number of carbonyl (C=O) groups excluding carboxylic acids is 2. The second kappa shape index (κ2) is 7.45. The van der Waals surface area contributed by atoms with Gasteiger partial charge in [-0.3, -0.25) is 9.59 Å². The third-order valence-electron chi connectivity index (χ3n) is 4.76. The van der Waals surface area contributed by atoms with Crippen molar-refractivity contribution < 1.29 is 14.3 Å². The number of anilines is 1. The SMILES string of the molecule is O=C(Nc1ccc(C(=O)N2CCCC2)cc1)C1=Cc2cc(Cl)ccc2OC1. The van der Waals surface area contributed by atoms with E-state index in [2.05, 4.69) is 5.32 Å². The molecule has 27 heavy (non-hydrogen) atoms. The number of amides is 2. The molecule has 0 atom stereocenters. The molecule has 2 heterocycles. The highest BCUT2D eigenvalue weighted by Gasteiger charge is 2.20. The van der Waals surface area contributed by atoms with Crippen molar-refractivity contribution in [2.24, 2.45) is 0 Å². The third kappa shape index (κ3) is 3.83. The Morgan fingerprint density at radius 2 is 1.78 bits per heavy atom. The maximum atomic E-state index is 12.5. The number of rotatable bonds is 3. The molecular formula is C21H19ClN2O3. The number of carbonyl (C=O) groups is 2. The van der Waals surface area contributed by atoms with Crippen LogP contribution in [0.2, 0.25) is 5.02 Å². The first-order valence-electron chi connectivity index (χ1n) is 8.94. The fourth-order valence-electron chi connectivity index (χ4n) is 3.29. The predicted octanol–water partition coefficient (Wildman–Crippen LogP) is 3.99. The second-order valence-electron chi connectivity index (χ2n) is 6.67. The Morgan fingerprint density at radius 1 is 1.04 bits per heavy atom. The van der Waals surface area contributed by atoms with Gasteiger partial charge in [-0.2, -0.15) is 0 Å². The highest BCUT2D eigenvalue weighted by molar-refractivity contribution is 6.30. The fraction of sp³-hybridized carbons (Fsp3) is 0.238. The zero-order valence-electron chi connectivity index (χ0n) is 14.7. The number of ether oxygens (including phenoxy) is 1. The van der Waals surface area contributed by atoms with Gasteiger partial charge in [0.1, 0.15) is 12.4 Å². The molecule has 4 rings (SSSR count). The number of nitrogens with one attached hydrogen (secondary N) is 1. The quantitative estimate of drug-likeness (QED) is 0.873. The Bertz CT molecular complexity index is 916. The molecule has 0 spiro atoms. The third-order valence-corrected chi connectivity index (χ3v) is 4.99. The molecule has 0 aromatic heterocycles. The molecule has 0 radical (unpaired) electrons. The van der Waals surface area contributed by atoms with Crippen molar-refractivity contribution in [3.05, 3.63) is 64.2 Å². The largest absolute Gasteiger partial charge is 0.488 e. The van der Waals surface area contributed by atoms with E-state index < -0.39 is 0 Å². The molecule has 2 aromatic rings. The first kappa shape index (κ1) is 17.6. The van der Waals surface area contributed by atoms with Crippen molar-refractivity contribution in [3.63, 3.8) is 0 Å². The van der Waals surface area contributed by atoms with Gasteiger partial charge in [0, 0.05) is 34.9 Å². The molecule has 2 amide bonds. The molecular weight excluding hydrogens is 364 g/mol. The topological polar surface area (TPSA) is 58.6 Å². The lowest BCUT2D eigenvalue weighted by Gasteiger charge is -2.18. The van der Waals surface area contributed by atoms with E-state index in [4.69, 9.17) is 16.3 Å². The van der Waals surface area contributed by atoms with E-state index in [0.29, 0.717) is 27.6 Å². The molecule has 2 aromatic carbocycles. The highest BCUT2D eigenvalue weighted by Crippen LogP contribution is 2.29. The van der Waals surface area contributed by atoms with Gasteiger partial charge in [-0.25, -0.2) is 0 Å². The van der Waals surface area contributed by atoms with E-state index in [1.807, 2.05) is 4.90 Å². The standard InChI is InChI=1S/C21H19ClN2O3/c22-17-5-8-19-15(12-17)11-16(13-27-19)20(25)23-18-6-3-14(4-7-18)21(26)24-9-1-2-10-24/h3-8,11-12H,1-2,9-10,13H2,(H,23,25). The Kier molecular flexibility index (Phi) is 4.86. The summed E-state index contributed by atoms with van der Waals surface area (Å²) in [4.78, 5) is 26.8. The molecule has 2 aliphatic heterocycles. The van der Waals surface area contributed by atoms with Crippen LogP contribution < -0.4 is 10.1 Å². The molecule has 6 heteroatoms. The van der Waals surface area contributed by atoms with Crippen LogP contribution in [0.15, 0.2) is 48.0 Å². The summed E-state index contributed by atoms with van der Waals surface area (Å²) in [6, 6.07) is 12.3. The fourth-order valence-corrected chi connectivity index (χ4v) is 3.47. The second-order valence-corrected chi connectivity index (χ2v) is 7.11. The first-order chi connectivity index (χ1) is 13.1. The maximum Gasteiger partial charge on any atom is 0.255 e. The minimum atomic E-state index is -0.237. The van der Waals surface area contributed by atoms with Gasteiger partial charge in [0.2, 0.25) is 0 Å². The van der Waals surface area contributed by atoms with E-state index in [0.717, 1.165) is 31.5 Å². The molecule has 138 valence electrons. The van der Waals surface area contributed by atoms with Crippen LogP contribution >= 0.6 is 11.6 Å². The van der Waals surface area contributed by atoms with Gasteiger partial charge in [-0.15, -0.1) is 0 Å². The summed E-state index contributed by atoms with van der Waals surface area (Å²) in [5.41, 5.74) is 2.57. The Morgan fingerprint density at radius 3 is 2.52 bits per heavy atom. The average molecular weight is 383 g/mol. The molecule has 5 nitrogen and oxygen atoms in total. The van der Waals surface area contributed by atoms with Gasteiger partial charge < -0.3 is 15.0 Å². The van der Waals surface area contributed by atoms with Gasteiger partial charge in [0.25, 0.3) is 11.8 Å². The summed E-state index contributed by atoms with van der Waals surface area (Å²) in [6.07, 6.45) is 3.90. The van der Waals surface area contributed by atoms with Crippen LogP contribution in [0.4, 0.5) is 5.69 Å². The minimum absolute atomic E-state index is 0.0438. The minimum Gasteiger partial charge on any atom is -0.488 e. The summed E-state index contributed by atoms with van der Waals surface area (Å²) < 4.78 is 5.62. The van der Waals surface area contributed by atoms with Gasteiger partial charge in [0.05, 0.1) is 5.57 Å². The van der Waals surface area contributed by atoms with E-state index in [1.54, 1.807) is 48.5 Å². The molecule has 0 saturated carbocycles. The molecule has 1 fully saturated rings. The Balaban J connectivity index is 1.44. The summed E-state index contributed by atoms with van der Waals surface area (Å²) in [7, 11) is 0. The van der Waals surface area contributed by atoms with Crippen molar-refractivity contribution >= 4 is 35.2 Å². The smallest absolute Gasteiger partial charge is 0.255 e. The lowest BCUT2D eigenvalue weighted by molar-refractivity contribution is -0.113. The zero-order chi connectivity index (χ0) is 18.8. The van der Waals surface area contributed by atoms with E-state index in [1.165, 1.54) is 0 Å². The lowest BCUT2D eigenvalue weighted by atomic mass is 10.1. The molecule has 0 unspecified atom stereocenters. The monoisotopic (exact) mass is 382 g/mol. The first-order valence-corrected chi connectivity index (χ1v) is 9.31. The van der Waals surface area contributed by atoms with Gasteiger partial charge >= 0.3 is 0 Å². The molecule has 0 aliphatic carbocycles. The van der Waals surface area contributed by atoms with E-state index >= 15 is 0 Å². The predicted molar refractivity (Wildman–Crippen MR) is 105 cm³/mol. The summed E-state index contributed by atoms with van der Waals surface area (Å²) in [5, 5.41) is 3.44. The van der Waals surface area contributed by atoms with Crippen LogP contribution in [0.1, 0.15) is 28.8 Å². The highest BCUT2D eigenvalue weighted by atomic mass is 35.5. The zero-order valence-corrected chi connectivity index (χ0v) is 15.5. The van der Waals surface area contributed by atoms with Crippen LogP contribution in [-0.2, 0) is 4.79 Å². The van der Waals surface area contributed by atoms with Crippen molar-refractivity contribution in [2.45, 2.75) is 12.8 Å². The van der Waals surface area contributed by atoms with Crippen LogP contribution in [0.5, 0.6) is 5.75 Å². The molecule has 0 bridgehead atoms. The molecule has 2 aliphatic rings. The van der Waals surface area contributed by atoms with Gasteiger partial charge in [-0.05, 0) is 61.4 Å². The molecule has 1 N–H and O–H groups in total. The summed E-state index contributed by atoms with van der Waals surface area (Å²) in [6.45, 7) is 1.83. The summed E-state index contributed by atoms with van der Waals surface area (Å²) in [5.74, 6) is 0.516. The maximum absolute atomic E-state index is 12.5. The molecule has 1 saturated heterocycles. The number of halogens is 1. The lowest BCUT2D eigenvalue weighted by Crippen LogP contribution is -2.27. The number of hydrogen-bond donors (Lipinski definition) is 1. The van der Waals surface area contributed by atoms with Crippen LogP contribution in [0.3, 0.4) is 0 Å². The normalized spacial score (nSPS) is 15.6. The Labute approximate surface area is 162 Å². The number of hydrogen-bond acceptors (Lipinski definition) is 3. The van der Waals surface area contributed by atoms with Crippen LogP contribution in [0, 0.1) is 0 Å².